The summed E-state index contributed by atoms with van der Waals surface area (Å²) in [4.78, 5) is 18.9. The van der Waals surface area contributed by atoms with Crippen LogP contribution in [0.4, 0.5) is 21.6 Å². The number of halogens is 1. The van der Waals surface area contributed by atoms with Crippen molar-refractivity contribution in [3.8, 4) is 22.8 Å². The third kappa shape index (κ3) is 3.92. The molecule has 0 aliphatic carbocycles. The van der Waals surface area contributed by atoms with Crippen molar-refractivity contribution in [2.24, 2.45) is 0 Å². The number of nitro benzene ring substituents is 1. The van der Waals surface area contributed by atoms with Crippen molar-refractivity contribution < 1.29 is 18.8 Å². The Hall–Kier alpha value is -3.75. The molecule has 0 bridgehead atoms. The van der Waals surface area contributed by atoms with Crippen molar-refractivity contribution >= 4 is 17.2 Å². The van der Waals surface area contributed by atoms with Gasteiger partial charge in [0.1, 0.15) is 23.7 Å². The van der Waals surface area contributed by atoms with Gasteiger partial charge in [-0.2, -0.15) is 0 Å². The fourth-order valence-electron chi connectivity index (χ4n) is 2.51. The molecule has 8 nitrogen and oxygen atoms in total. The summed E-state index contributed by atoms with van der Waals surface area (Å²) in [5, 5.41) is 14.1. The maximum absolute atomic E-state index is 13.6. The Bertz CT molecular complexity index is 997. The normalized spacial score (nSPS) is 10.3. The van der Waals surface area contributed by atoms with E-state index in [4.69, 9.17) is 9.47 Å². The smallest absolute Gasteiger partial charge is 0.312 e. The fourth-order valence-corrected chi connectivity index (χ4v) is 2.51. The highest BCUT2D eigenvalue weighted by Crippen LogP contribution is 2.32. The van der Waals surface area contributed by atoms with Gasteiger partial charge in [0, 0.05) is 23.4 Å². The highest BCUT2D eigenvalue weighted by atomic mass is 19.1. The Balaban J connectivity index is 1.95. The number of nitro groups is 1. The number of nitrogens with zero attached hydrogens (tertiary/aromatic N) is 3. The van der Waals surface area contributed by atoms with Gasteiger partial charge in [0.25, 0.3) is 0 Å². The Labute approximate surface area is 153 Å². The van der Waals surface area contributed by atoms with Crippen LogP contribution in [0.5, 0.6) is 11.5 Å². The third-order valence-corrected chi connectivity index (χ3v) is 3.75. The first-order chi connectivity index (χ1) is 13.0. The van der Waals surface area contributed by atoms with Gasteiger partial charge in [-0.05, 0) is 30.3 Å². The zero-order valence-corrected chi connectivity index (χ0v) is 14.5. The number of aromatic nitrogens is 2. The molecular weight excluding hydrogens is 355 g/mol. The van der Waals surface area contributed by atoms with Crippen molar-refractivity contribution in [3.05, 3.63) is 64.7 Å². The van der Waals surface area contributed by atoms with E-state index in [1.54, 1.807) is 12.1 Å². The maximum atomic E-state index is 13.6. The molecule has 0 spiro atoms. The molecule has 0 amide bonds. The van der Waals surface area contributed by atoms with Gasteiger partial charge in [0.15, 0.2) is 5.75 Å². The maximum Gasteiger partial charge on any atom is 0.312 e. The highest BCUT2D eigenvalue weighted by molar-refractivity contribution is 5.71. The molecule has 1 N–H and O–H groups in total. The van der Waals surface area contributed by atoms with E-state index in [-0.39, 0.29) is 11.4 Å². The Morgan fingerprint density at radius 3 is 2.48 bits per heavy atom. The van der Waals surface area contributed by atoms with Gasteiger partial charge in [0.05, 0.1) is 24.8 Å². The summed E-state index contributed by atoms with van der Waals surface area (Å²) >= 11 is 0. The average molecular weight is 370 g/mol. The molecule has 0 saturated carbocycles. The molecular formula is C18H15FN4O4. The van der Waals surface area contributed by atoms with Crippen LogP contribution in [0, 0.1) is 15.9 Å². The number of anilines is 2. The molecule has 1 aromatic heterocycles. The van der Waals surface area contributed by atoms with E-state index in [9.17, 15) is 14.5 Å². The largest absolute Gasteiger partial charge is 0.496 e. The first-order valence-electron chi connectivity index (χ1n) is 7.77. The van der Waals surface area contributed by atoms with Crippen molar-refractivity contribution in [2.75, 3.05) is 19.5 Å². The molecule has 9 heteroatoms. The summed E-state index contributed by atoms with van der Waals surface area (Å²) in [6.07, 6.45) is 1.31. The molecule has 138 valence electrons. The van der Waals surface area contributed by atoms with Crippen molar-refractivity contribution in [2.45, 2.75) is 0 Å². The van der Waals surface area contributed by atoms with Gasteiger partial charge in [-0.1, -0.05) is 0 Å². The molecule has 3 rings (SSSR count). The molecule has 0 saturated heterocycles. The Morgan fingerprint density at radius 2 is 1.78 bits per heavy atom. The quantitative estimate of drug-likeness (QED) is 0.518. The van der Waals surface area contributed by atoms with Crippen LogP contribution in [-0.2, 0) is 0 Å². The lowest BCUT2D eigenvalue weighted by Gasteiger charge is -2.10. The topological polar surface area (TPSA) is 99.4 Å². The minimum absolute atomic E-state index is 0.151. The van der Waals surface area contributed by atoms with E-state index >= 15 is 0 Å². The molecule has 0 fully saturated rings. The van der Waals surface area contributed by atoms with Crippen LogP contribution >= 0.6 is 0 Å². The van der Waals surface area contributed by atoms with Gasteiger partial charge in [-0.25, -0.2) is 14.4 Å². The molecule has 0 aliphatic rings. The average Bonchev–Trinajstić information content (AvgIpc) is 2.68. The third-order valence-electron chi connectivity index (χ3n) is 3.75. The number of benzene rings is 2. The van der Waals surface area contributed by atoms with Gasteiger partial charge >= 0.3 is 5.69 Å². The monoisotopic (exact) mass is 370 g/mol. The van der Waals surface area contributed by atoms with Crippen LogP contribution in [0.1, 0.15) is 0 Å². The fraction of sp³-hybridized carbons (Fsp3) is 0.111. The van der Waals surface area contributed by atoms with Crippen LogP contribution in [0.25, 0.3) is 11.3 Å². The molecule has 0 aliphatic heterocycles. The van der Waals surface area contributed by atoms with Crippen LogP contribution in [0.15, 0.2) is 48.8 Å². The zero-order chi connectivity index (χ0) is 19.4. The molecule has 1 heterocycles. The number of rotatable bonds is 6. The minimum Gasteiger partial charge on any atom is -0.496 e. The highest BCUT2D eigenvalue weighted by Gasteiger charge is 2.16. The van der Waals surface area contributed by atoms with Gasteiger partial charge in [-0.3, -0.25) is 10.1 Å². The number of hydrogen-bond donors (Lipinski definition) is 1. The molecule has 27 heavy (non-hydrogen) atoms. The summed E-state index contributed by atoms with van der Waals surface area (Å²) < 4.78 is 23.8. The van der Waals surface area contributed by atoms with Crippen LogP contribution in [-0.4, -0.2) is 29.1 Å². The standard InChI is InChI=1S/C18H15FN4O4/c1-26-16-5-3-11(19)7-13(16)14-9-18(21-10-20-14)22-12-4-6-17(27-2)15(8-12)23(24)25/h3-10H,1-2H3,(H,20,21,22). The van der Waals surface area contributed by atoms with Crippen LogP contribution in [0.2, 0.25) is 0 Å². The molecule has 0 atom stereocenters. The Kier molecular flexibility index (Phi) is 5.11. The SMILES string of the molecule is COc1ccc(F)cc1-c1cc(Nc2ccc(OC)c([N+](=O)[O-])c2)ncn1. The summed E-state index contributed by atoms with van der Waals surface area (Å²) in [6.45, 7) is 0. The van der Waals surface area contributed by atoms with Crippen molar-refractivity contribution in [1.82, 2.24) is 9.97 Å². The lowest BCUT2D eigenvalue weighted by Crippen LogP contribution is -1.99. The minimum atomic E-state index is -0.535. The first kappa shape index (κ1) is 18.1. The summed E-state index contributed by atoms with van der Waals surface area (Å²) in [5.74, 6) is 0.565. The van der Waals surface area contributed by atoms with Gasteiger partial charge < -0.3 is 14.8 Å². The number of methoxy groups -OCH3 is 2. The number of hydrogen-bond acceptors (Lipinski definition) is 7. The van der Waals surface area contributed by atoms with Crippen LogP contribution in [0.3, 0.4) is 0 Å². The van der Waals surface area contributed by atoms with Crippen molar-refractivity contribution in [1.29, 1.82) is 0 Å². The van der Waals surface area contributed by atoms with Gasteiger partial charge in [-0.15, -0.1) is 0 Å². The number of nitrogens with one attached hydrogen (secondary N) is 1. The van der Waals surface area contributed by atoms with E-state index in [0.29, 0.717) is 28.5 Å². The van der Waals surface area contributed by atoms with E-state index in [1.807, 2.05) is 0 Å². The molecule has 0 unspecified atom stereocenters. The van der Waals surface area contributed by atoms with E-state index in [0.717, 1.165) is 0 Å². The zero-order valence-electron chi connectivity index (χ0n) is 14.5. The molecule has 0 radical (unpaired) electrons. The van der Waals surface area contributed by atoms with E-state index < -0.39 is 10.7 Å². The predicted molar refractivity (Wildman–Crippen MR) is 96.9 cm³/mol. The number of ether oxygens (including phenoxy) is 2. The lowest BCUT2D eigenvalue weighted by molar-refractivity contribution is -0.385. The summed E-state index contributed by atoms with van der Waals surface area (Å²) in [7, 11) is 2.84. The van der Waals surface area contributed by atoms with E-state index in [1.165, 1.54) is 50.9 Å². The van der Waals surface area contributed by atoms with Gasteiger partial charge in [0.2, 0.25) is 0 Å². The Morgan fingerprint density at radius 1 is 1.04 bits per heavy atom. The van der Waals surface area contributed by atoms with Crippen molar-refractivity contribution in [3.63, 3.8) is 0 Å². The van der Waals surface area contributed by atoms with E-state index in [2.05, 4.69) is 15.3 Å². The van der Waals surface area contributed by atoms with Crippen LogP contribution < -0.4 is 14.8 Å². The molecule has 3 aromatic rings. The second-order valence-electron chi connectivity index (χ2n) is 5.40. The predicted octanol–water partition coefficient (Wildman–Crippen LogP) is 3.95. The first-order valence-corrected chi connectivity index (χ1v) is 7.77. The second-order valence-corrected chi connectivity index (χ2v) is 5.40. The molecule has 2 aromatic carbocycles. The summed E-state index contributed by atoms with van der Waals surface area (Å²) in [5.41, 5.74) is 1.16. The second kappa shape index (κ2) is 7.65. The summed E-state index contributed by atoms with van der Waals surface area (Å²) in [6, 6.07) is 10.1. The lowest BCUT2D eigenvalue weighted by atomic mass is 10.1.